The molecular formula is C15H30N2O. The van der Waals surface area contributed by atoms with Crippen LogP contribution in [0.25, 0.3) is 0 Å². The second kappa shape index (κ2) is 4.77. The van der Waals surface area contributed by atoms with Gasteiger partial charge in [0.05, 0.1) is 6.10 Å². The highest BCUT2D eigenvalue weighted by Crippen LogP contribution is 2.39. The molecule has 106 valence electrons. The highest BCUT2D eigenvalue weighted by atomic mass is 16.5. The van der Waals surface area contributed by atoms with Crippen LogP contribution in [0, 0.1) is 0 Å². The Kier molecular flexibility index (Phi) is 3.79. The van der Waals surface area contributed by atoms with Crippen LogP contribution in [-0.4, -0.2) is 29.5 Å². The molecule has 2 fully saturated rings. The summed E-state index contributed by atoms with van der Waals surface area (Å²) >= 11 is 0. The van der Waals surface area contributed by atoms with Gasteiger partial charge < -0.3 is 10.1 Å². The maximum atomic E-state index is 6.48. The van der Waals surface area contributed by atoms with Crippen molar-refractivity contribution >= 4 is 0 Å². The molecule has 1 atom stereocenters. The van der Waals surface area contributed by atoms with E-state index in [1.54, 1.807) is 0 Å². The van der Waals surface area contributed by atoms with Gasteiger partial charge >= 0.3 is 0 Å². The predicted molar refractivity (Wildman–Crippen MR) is 75.7 cm³/mol. The van der Waals surface area contributed by atoms with E-state index in [1.807, 2.05) is 0 Å². The van der Waals surface area contributed by atoms with Crippen molar-refractivity contribution in [2.75, 3.05) is 6.54 Å². The van der Waals surface area contributed by atoms with E-state index in [1.165, 1.54) is 12.8 Å². The molecule has 18 heavy (non-hydrogen) atoms. The SMILES string of the molecule is CCCC1CCNC2(CC(C)(C)NC(C)(C)C2)O1. The summed E-state index contributed by atoms with van der Waals surface area (Å²) in [5, 5.41) is 7.40. The number of ether oxygens (including phenoxy) is 1. The van der Waals surface area contributed by atoms with Crippen molar-refractivity contribution in [3.63, 3.8) is 0 Å². The van der Waals surface area contributed by atoms with Crippen molar-refractivity contribution in [2.45, 2.75) is 89.6 Å². The summed E-state index contributed by atoms with van der Waals surface area (Å²) < 4.78 is 6.48. The molecule has 0 amide bonds. The van der Waals surface area contributed by atoms with Crippen molar-refractivity contribution in [2.24, 2.45) is 0 Å². The smallest absolute Gasteiger partial charge is 0.123 e. The highest BCUT2D eigenvalue weighted by Gasteiger charge is 2.49. The molecule has 0 radical (unpaired) electrons. The Morgan fingerprint density at radius 2 is 1.72 bits per heavy atom. The van der Waals surface area contributed by atoms with Gasteiger partial charge in [-0.25, -0.2) is 0 Å². The first-order valence-electron chi connectivity index (χ1n) is 7.48. The summed E-state index contributed by atoms with van der Waals surface area (Å²) in [5.41, 5.74) is 0.141. The van der Waals surface area contributed by atoms with Gasteiger partial charge in [-0.3, -0.25) is 5.32 Å². The summed E-state index contributed by atoms with van der Waals surface area (Å²) in [6.45, 7) is 12.5. The van der Waals surface area contributed by atoms with Gasteiger partial charge in [0, 0.05) is 30.5 Å². The second-order valence-corrected chi connectivity index (χ2v) is 7.48. The van der Waals surface area contributed by atoms with Crippen LogP contribution >= 0.6 is 0 Å². The Morgan fingerprint density at radius 1 is 1.11 bits per heavy atom. The average Bonchev–Trinajstić information content (AvgIpc) is 2.11. The number of rotatable bonds is 2. The van der Waals surface area contributed by atoms with Crippen LogP contribution in [0.3, 0.4) is 0 Å². The van der Waals surface area contributed by atoms with Gasteiger partial charge in [0.2, 0.25) is 0 Å². The van der Waals surface area contributed by atoms with E-state index in [0.29, 0.717) is 6.10 Å². The largest absolute Gasteiger partial charge is 0.357 e. The maximum Gasteiger partial charge on any atom is 0.123 e. The monoisotopic (exact) mass is 254 g/mol. The lowest BCUT2D eigenvalue weighted by Gasteiger charge is -2.55. The molecule has 0 aromatic heterocycles. The molecule has 2 heterocycles. The number of hydrogen-bond donors (Lipinski definition) is 2. The first-order chi connectivity index (χ1) is 8.26. The summed E-state index contributed by atoms with van der Waals surface area (Å²) in [5.74, 6) is 0. The maximum absolute atomic E-state index is 6.48. The number of nitrogens with one attached hydrogen (secondary N) is 2. The number of hydrogen-bond acceptors (Lipinski definition) is 3. The van der Waals surface area contributed by atoms with E-state index < -0.39 is 0 Å². The standard InChI is InChI=1S/C15H30N2O/c1-6-7-12-8-9-16-15(18-12)10-13(2,3)17-14(4,5)11-15/h12,16-17H,6-11H2,1-5H3. The first-order valence-corrected chi connectivity index (χ1v) is 7.48. The normalized spacial score (nSPS) is 33.5. The van der Waals surface area contributed by atoms with Gasteiger partial charge in [-0.05, 0) is 40.5 Å². The van der Waals surface area contributed by atoms with Crippen LogP contribution < -0.4 is 10.6 Å². The Labute approximate surface area is 112 Å². The van der Waals surface area contributed by atoms with Crippen LogP contribution in [-0.2, 0) is 4.74 Å². The third-order valence-electron chi connectivity index (χ3n) is 4.05. The lowest BCUT2D eigenvalue weighted by Crippen LogP contribution is -2.70. The van der Waals surface area contributed by atoms with Crippen LogP contribution in [0.15, 0.2) is 0 Å². The van der Waals surface area contributed by atoms with Gasteiger partial charge in [-0.2, -0.15) is 0 Å². The lowest BCUT2D eigenvalue weighted by atomic mass is 9.76. The Hall–Kier alpha value is -0.120. The van der Waals surface area contributed by atoms with Crippen molar-refractivity contribution in [1.29, 1.82) is 0 Å². The number of piperidine rings is 1. The predicted octanol–water partition coefficient (Wildman–Crippen LogP) is 2.80. The molecule has 0 aromatic carbocycles. The van der Waals surface area contributed by atoms with Gasteiger partial charge in [0.15, 0.2) is 0 Å². The van der Waals surface area contributed by atoms with E-state index in [2.05, 4.69) is 45.3 Å². The molecule has 2 rings (SSSR count). The lowest BCUT2D eigenvalue weighted by molar-refractivity contribution is -0.185. The third-order valence-corrected chi connectivity index (χ3v) is 4.05. The van der Waals surface area contributed by atoms with Crippen LogP contribution in [0.1, 0.15) is 66.7 Å². The average molecular weight is 254 g/mol. The molecule has 3 heteroatoms. The summed E-state index contributed by atoms with van der Waals surface area (Å²) in [6, 6.07) is 0. The molecule has 0 bridgehead atoms. The zero-order valence-electron chi connectivity index (χ0n) is 12.7. The third kappa shape index (κ3) is 3.25. The summed E-state index contributed by atoms with van der Waals surface area (Å²) in [4.78, 5) is 0. The van der Waals surface area contributed by atoms with Crippen molar-refractivity contribution < 1.29 is 4.74 Å². The molecule has 0 saturated carbocycles. The fourth-order valence-electron chi connectivity index (χ4n) is 4.11. The minimum absolute atomic E-state index is 0.115. The Balaban J connectivity index is 2.13. The van der Waals surface area contributed by atoms with Gasteiger partial charge in [0.1, 0.15) is 5.72 Å². The topological polar surface area (TPSA) is 33.3 Å². The van der Waals surface area contributed by atoms with Gasteiger partial charge in [0.25, 0.3) is 0 Å². The molecule has 1 unspecified atom stereocenters. The van der Waals surface area contributed by atoms with Crippen molar-refractivity contribution in [3.05, 3.63) is 0 Å². The zero-order valence-corrected chi connectivity index (χ0v) is 12.7. The second-order valence-electron chi connectivity index (χ2n) is 7.48. The highest BCUT2D eigenvalue weighted by molar-refractivity contribution is 5.05. The quantitative estimate of drug-likeness (QED) is 0.795. The van der Waals surface area contributed by atoms with E-state index in [0.717, 1.165) is 25.8 Å². The van der Waals surface area contributed by atoms with Crippen LogP contribution in [0.4, 0.5) is 0 Å². The molecule has 0 aromatic rings. The first kappa shape index (κ1) is 14.3. The van der Waals surface area contributed by atoms with Gasteiger partial charge in [-0.15, -0.1) is 0 Å². The fourth-order valence-corrected chi connectivity index (χ4v) is 4.11. The molecule has 0 aliphatic carbocycles. The van der Waals surface area contributed by atoms with Crippen LogP contribution in [0.2, 0.25) is 0 Å². The summed E-state index contributed by atoms with van der Waals surface area (Å²) in [7, 11) is 0. The molecule has 2 N–H and O–H groups in total. The summed E-state index contributed by atoms with van der Waals surface area (Å²) in [6.07, 6.45) is 6.10. The minimum atomic E-state index is -0.115. The van der Waals surface area contributed by atoms with Crippen molar-refractivity contribution in [1.82, 2.24) is 10.6 Å². The van der Waals surface area contributed by atoms with E-state index in [9.17, 15) is 0 Å². The molecule has 2 saturated heterocycles. The molecule has 2 aliphatic heterocycles. The Morgan fingerprint density at radius 3 is 2.28 bits per heavy atom. The molecule has 2 aliphatic rings. The zero-order chi connectivity index (χ0) is 13.4. The van der Waals surface area contributed by atoms with Crippen LogP contribution in [0.5, 0.6) is 0 Å². The van der Waals surface area contributed by atoms with E-state index in [4.69, 9.17) is 4.74 Å². The van der Waals surface area contributed by atoms with Gasteiger partial charge in [-0.1, -0.05) is 13.3 Å². The van der Waals surface area contributed by atoms with E-state index in [-0.39, 0.29) is 16.8 Å². The molecular weight excluding hydrogens is 224 g/mol. The Bertz CT molecular complexity index is 281. The molecule has 1 spiro atoms. The van der Waals surface area contributed by atoms with Crippen molar-refractivity contribution in [3.8, 4) is 0 Å². The molecule has 3 nitrogen and oxygen atoms in total. The fraction of sp³-hybridized carbons (Fsp3) is 1.00. The van der Waals surface area contributed by atoms with E-state index >= 15 is 0 Å². The minimum Gasteiger partial charge on any atom is -0.357 e.